The van der Waals surface area contributed by atoms with Crippen LogP contribution < -0.4 is 50.0 Å². The lowest BCUT2D eigenvalue weighted by molar-refractivity contribution is -0.115. The van der Waals surface area contributed by atoms with E-state index in [1.807, 2.05) is 0 Å². The molecule has 32 nitrogen and oxygen atoms in total. The molecule has 12 heterocycles. The van der Waals surface area contributed by atoms with Crippen molar-refractivity contribution in [1.29, 1.82) is 0 Å². The summed E-state index contributed by atoms with van der Waals surface area (Å²) in [5.41, 5.74) is 25.0. The van der Waals surface area contributed by atoms with E-state index in [2.05, 4.69) is 85.6 Å². The largest absolute Gasteiger partial charge is 0.397 e. The first-order valence-corrected chi connectivity index (χ1v) is 30.0. The number of imidazole rings is 2. The number of nitrogens with zero attached hydrogens (tertiary/aromatic N) is 14. The summed E-state index contributed by atoms with van der Waals surface area (Å²) in [6.07, 6.45) is 4.52. The predicted octanol–water partition coefficient (Wildman–Crippen LogP) is -1.79. The molecule has 0 bridgehead atoms. The zero-order chi connectivity index (χ0) is 59.7. The maximum Gasteiger partial charge on any atom is 0.280 e. The number of fused-ring (bicyclic) bond motifs is 4. The number of nitrogen functional groups attached to an aromatic ring is 4. The molecule has 0 radical (unpaired) electrons. The quantitative estimate of drug-likeness (QED) is 0.0448. The second-order valence-corrected chi connectivity index (χ2v) is 24.6. The first-order chi connectivity index (χ1) is 40.9. The van der Waals surface area contributed by atoms with E-state index in [1.165, 1.54) is 19.0 Å². The second-order valence-electron chi connectivity index (χ2n) is 21.9. The van der Waals surface area contributed by atoms with E-state index in [1.54, 1.807) is 65.0 Å². The third kappa shape index (κ3) is 13.0. The fourth-order valence-corrected chi connectivity index (χ4v) is 13.6. The molecular formula is C51H69N23O9S2. The van der Waals surface area contributed by atoms with Crippen LogP contribution in [0.2, 0.25) is 0 Å². The van der Waals surface area contributed by atoms with Gasteiger partial charge in [-0.2, -0.15) is 33.5 Å². The molecule has 0 aromatic carbocycles. The number of thioether (sulfide) groups is 2. The van der Waals surface area contributed by atoms with Crippen LogP contribution in [-0.2, 0) is 20.8 Å². The fraction of sp³-hybridized carbons (Fsp3) is 0.549. The summed E-state index contributed by atoms with van der Waals surface area (Å²) in [6, 6.07) is 1.66. The Morgan fingerprint density at radius 2 is 1.31 bits per heavy atom. The molecule has 7 aromatic rings. The number of ether oxygens (including phenoxy) is 2. The van der Waals surface area contributed by atoms with Gasteiger partial charge in [0.2, 0.25) is 11.9 Å². The van der Waals surface area contributed by atoms with E-state index < -0.39 is 65.7 Å². The Morgan fingerprint density at radius 3 is 1.95 bits per heavy atom. The number of likely N-dealkylation sites (tertiary alicyclic amines) is 2. The Labute approximate surface area is 492 Å². The highest BCUT2D eigenvalue weighted by Crippen LogP contribution is 2.37. The number of anilines is 5. The summed E-state index contributed by atoms with van der Waals surface area (Å²) in [5, 5.41) is 53.0. The average Bonchev–Trinajstić information content (AvgIpc) is 4.44. The highest BCUT2D eigenvalue weighted by atomic mass is 32.2. The van der Waals surface area contributed by atoms with Crippen LogP contribution in [0.15, 0.2) is 52.0 Å². The molecule has 5 aliphatic rings. The van der Waals surface area contributed by atoms with Crippen molar-refractivity contribution < 1.29 is 34.7 Å². The van der Waals surface area contributed by atoms with Gasteiger partial charge in [-0.25, -0.2) is 39.9 Å². The SMILES string of the molecule is CC1(C)Nc2nc(N)[nH]c(=O)c2N=C1C(=O)NCCN1CCC(SC[C@H]2O[C@@H](n3cnc4c(N)ccnc43)C(O)[C@H]2O)CC1.Nc1nc2ncc(CNCCN3CCC(SC[C@H]4O[C@@H](n5cnc6c(N)ncnc65)C(O)[C@H]4O)CC3)nc2c(=O)[nH]1. The molecule has 85 heavy (non-hydrogen) atoms. The number of aromatic nitrogens is 13. The normalized spacial score (nSPS) is 24.8. The number of H-pyrrole nitrogens is 2. The van der Waals surface area contributed by atoms with E-state index in [-0.39, 0.29) is 52.0 Å². The molecule has 34 heteroatoms. The smallest absolute Gasteiger partial charge is 0.280 e. The number of nitrogens with two attached hydrogens (primary N) is 4. The number of aliphatic imine (C=N–C) groups is 1. The number of aromatic amines is 2. The molecule has 0 saturated carbocycles. The topological polar surface area (TPSA) is 467 Å². The van der Waals surface area contributed by atoms with Crippen LogP contribution in [0.4, 0.5) is 34.9 Å². The molecule has 4 fully saturated rings. The van der Waals surface area contributed by atoms with Gasteiger partial charge in [0.1, 0.15) is 47.5 Å². The zero-order valence-electron chi connectivity index (χ0n) is 46.6. The van der Waals surface area contributed by atoms with Crippen molar-refractivity contribution in [2.45, 2.75) is 111 Å². The Bertz CT molecular complexity index is 3680. The number of nitrogens with one attached hydrogen (secondary N) is 5. The van der Waals surface area contributed by atoms with Crippen molar-refractivity contribution in [2.24, 2.45) is 4.99 Å². The minimum absolute atomic E-state index is 0.0170. The van der Waals surface area contributed by atoms with Crippen LogP contribution in [0.1, 0.15) is 57.7 Å². The number of carbonyl (C=O) groups excluding carboxylic acids is 1. The minimum Gasteiger partial charge on any atom is -0.397 e. The molecule has 8 atom stereocenters. The minimum atomic E-state index is -1.12. The van der Waals surface area contributed by atoms with Crippen molar-refractivity contribution in [1.82, 2.24) is 84.4 Å². The number of aliphatic hydroxyl groups excluding tert-OH is 4. The molecule has 0 spiro atoms. The standard InChI is InChI=1S/C27H37N11O5S.C24H32N12O4S/c1-27(2)20(33-17-21(36-27)34-26(29)35-23(17)41)24(42)31-7-10-37-8-4-13(5-9-37)44-11-15-18(39)19(40)25(43-15)38-12-32-16-14(28)3-6-30-22(16)38;25-19-15-21(30-10-29-19)36(11-31-15)23-18(38)17(37)14(40-23)9-41-13-1-4-35(5-2-13)6-3-27-7-12-8-28-20-16(32-12)22(39)34-24(26)33-20/h3,6,12-13,15,18-19,25,39-40H,4-5,7-11H2,1-2H3,(H2,28,30)(H,31,42)(H4,29,34,35,36,41);8,10-11,13-14,17-18,23,27,37-38H,1-7,9H2,(H2,25,29,30)(H3,26,28,33,34,39)/t15-,18+,19?,25-;14-,17+,18?,23-/m11/s1. The molecule has 4 saturated heterocycles. The van der Waals surface area contributed by atoms with Crippen molar-refractivity contribution in [3.63, 3.8) is 0 Å². The van der Waals surface area contributed by atoms with Gasteiger partial charge in [0.15, 0.2) is 52.2 Å². The number of amides is 1. The number of aliphatic hydroxyl groups is 4. The van der Waals surface area contributed by atoms with E-state index in [0.717, 1.165) is 65.0 Å². The highest BCUT2D eigenvalue weighted by Gasteiger charge is 2.46. The second kappa shape index (κ2) is 25.4. The first-order valence-electron chi connectivity index (χ1n) is 27.9. The van der Waals surface area contributed by atoms with Crippen LogP contribution in [-0.4, -0.2) is 222 Å². The number of hydrogen-bond acceptors (Lipinski definition) is 29. The Morgan fingerprint density at radius 1 is 0.718 bits per heavy atom. The van der Waals surface area contributed by atoms with E-state index in [4.69, 9.17) is 32.4 Å². The van der Waals surface area contributed by atoms with Crippen molar-refractivity contribution >= 4 is 104 Å². The van der Waals surface area contributed by atoms with Crippen molar-refractivity contribution in [3.05, 3.63) is 63.8 Å². The van der Waals surface area contributed by atoms with Gasteiger partial charge in [-0.15, -0.1) is 0 Å². The van der Waals surface area contributed by atoms with Gasteiger partial charge in [0.05, 0.1) is 48.0 Å². The molecule has 7 aromatic heterocycles. The summed E-state index contributed by atoms with van der Waals surface area (Å²) in [4.78, 5) is 88.8. The molecule has 1 amide bonds. The summed E-state index contributed by atoms with van der Waals surface area (Å²) < 4.78 is 15.4. The van der Waals surface area contributed by atoms with E-state index in [0.29, 0.717) is 75.3 Å². The first kappa shape index (κ1) is 59.5. The Hall–Kier alpha value is -7.25. The van der Waals surface area contributed by atoms with Gasteiger partial charge in [0.25, 0.3) is 17.0 Å². The van der Waals surface area contributed by atoms with Crippen LogP contribution >= 0.6 is 23.5 Å². The van der Waals surface area contributed by atoms with Crippen LogP contribution in [0, 0.1) is 0 Å². The summed E-state index contributed by atoms with van der Waals surface area (Å²) in [6.45, 7) is 10.5. The van der Waals surface area contributed by atoms with Gasteiger partial charge in [-0.1, -0.05) is 0 Å². The average molecular weight is 1210 g/mol. The predicted molar refractivity (Wildman–Crippen MR) is 319 cm³/mol. The van der Waals surface area contributed by atoms with Crippen LogP contribution in [0.3, 0.4) is 0 Å². The number of carbonyl (C=O) groups is 1. The third-order valence-corrected chi connectivity index (χ3v) is 18.6. The number of rotatable bonds is 17. The maximum atomic E-state index is 13.0. The molecule has 2 unspecified atom stereocenters. The lowest BCUT2D eigenvalue weighted by Crippen LogP contribution is -2.52. The summed E-state index contributed by atoms with van der Waals surface area (Å²) in [7, 11) is 0. The summed E-state index contributed by atoms with van der Waals surface area (Å²) >= 11 is 3.51. The molecule has 17 N–H and O–H groups in total. The van der Waals surface area contributed by atoms with Crippen LogP contribution in [0.25, 0.3) is 33.5 Å². The van der Waals surface area contributed by atoms with E-state index in [9.17, 15) is 34.8 Å². The van der Waals surface area contributed by atoms with Gasteiger partial charge < -0.3 is 78.6 Å². The fourth-order valence-electron chi connectivity index (χ4n) is 11.0. The van der Waals surface area contributed by atoms with Crippen molar-refractivity contribution in [2.75, 3.05) is 92.1 Å². The molecule has 5 aliphatic heterocycles. The Balaban J connectivity index is 0.000000177. The number of piperidine rings is 2. The van der Waals surface area contributed by atoms with Crippen LogP contribution in [0.5, 0.6) is 0 Å². The highest BCUT2D eigenvalue weighted by molar-refractivity contribution is 8.00. The summed E-state index contributed by atoms with van der Waals surface area (Å²) in [5.74, 6) is 1.24. The maximum absolute atomic E-state index is 13.0. The molecule has 12 rings (SSSR count). The lowest BCUT2D eigenvalue weighted by Gasteiger charge is -2.33. The van der Waals surface area contributed by atoms with Crippen molar-refractivity contribution in [3.8, 4) is 0 Å². The van der Waals surface area contributed by atoms with Gasteiger partial charge in [-0.3, -0.25) is 33.5 Å². The van der Waals surface area contributed by atoms with Gasteiger partial charge in [-0.05, 0) is 71.8 Å². The number of hydrogen-bond donors (Lipinski definition) is 13. The van der Waals surface area contributed by atoms with Gasteiger partial charge >= 0.3 is 0 Å². The van der Waals surface area contributed by atoms with Gasteiger partial charge in [0, 0.05) is 60.9 Å². The Kier molecular flexibility index (Phi) is 17.8. The third-order valence-electron chi connectivity index (χ3n) is 15.6. The molecule has 0 aliphatic carbocycles. The molecular weight excluding hydrogens is 1140 g/mol. The monoisotopic (exact) mass is 1210 g/mol. The zero-order valence-corrected chi connectivity index (χ0v) is 48.2. The molecule has 454 valence electrons. The van der Waals surface area contributed by atoms with E-state index >= 15 is 0 Å². The lowest BCUT2D eigenvalue weighted by atomic mass is 9.95. The number of pyridine rings is 1.